The number of hydrogen-bond donors (Lipinski definition) is 0. The van der Waals surface area contributed by atoms with Crippen molar-refractivity contribution in [1.29, 1.82) is 0 Å². The summed E-state index contributed by atoms with van der Waals surface area (Å²) in [6.07, 6.45) is 6.12. The van der Waals surface area contributed by atoms with Gasteiger partial charge in [-0.05, 0) is 24.6 Å². The summed E-state index contributed by atoms with van der Waals surface area (Å²) in [5, 5.41) is 5.53. The normalized spacial score (nSPS) is 11.2. The van der Waals surface area contributed by atoms with Gasteiger partial charge in [-0.25, -0.2) is 0 Å². The summed E-state index contributed by atoms with van der Waals surface area (Å²) < 4.78 is 4.10. The lowest BCUT2D eigenvalue weighted by Crippen LogP contribution is -1.96. The lowest BCUT2D eigenvalue weighted by Gasteiger charge is -2.03. The zero-order chi connectivity index (χ0) is 11.8. The summed E-state index contributed by atoms with van der Waals surface area (Å²) in [6.45, 7) is 3.03. The number of aryl methyl sites for hydroxylation is 2. The molecule has 2 heterocycles. The second-order valence-corrected chi connectivity index (χ2v) is 4.47. The maximum absolute atomic E-state index is 4.20. The van der Waals surface area contributed by atoms with Crippen LogP contribution in [0.25, 0.3) is 10.9 Å². The molecule has 0 saturated carbocycles. The highest BCUT2D eigenvalue weighted by Crippen LogP contribution is 2.20. The summed E-state index contributed by atoms with van der Waals surface area (Å²) in [4.78, 5) is 0. The van der Waals surface area contributed by atoms with E-state index in [0.29, 0.717) is 0 Å². The van der Waals surface area contributed by atoms with Crippen molar-refractivity contribution in [3.8, 4) is 0 Å². The Morgan fingerprint density at radius 3 is 2.88 bits per heavy atom. The van der Waals surface area contributed by atoms with Gasteiger partial charge in [0.05, 0.1) is 12.7 Å². The van der Waals surface area contributed by atoms with E-state index in [1.165, 1.54) is 22.0 Å². The summed E-state index contributed by atoms with van der Waals surface area (Å²) in [7, 11) is 1.95. The minimum atomic E-state index is 0.876. The fourth-order valence-corrected chi connectivity index (χ4v) is 2.27. The quantitative estimate of drug-likeness (QED) is 0.657. The first-order valence-corrected chi connectivity index (χ1v) is 5.76. The van der Waals surface area contributed by atoms with Gasteiger partial charge >= 0.3 is 0 Å². The van der Waals surface area contributed by atoms with Crippen molar-refractivity contribution in [2.45, 2.75) is 13.5 Å². The second kappa shape index (κ2) is 3.77. The van der Waals surface area contributed by atoms with Crippen molar-refractivity contribution in [1.82, 2.24) is 14.3 Å². The van der Waals surface area contributed by atoms with Gasteiger partial charge in [0.2, 0.25) is 0 Å². The molecule has 2 aromatic heterocycles. The van der Waals surface area contributed by atoms with Crippen LogP contribution in [0.2, 0.25) is 0 Å². The van der Waals surface area contributed by atoms with Crippen molar-refractivity contribution < 1.29 is 0 Å². The molecule has 0 radical (unpaired) electrons. The van der Waals surface area contributed by atoms with E-state index in [4.69, 9.17) is 0 Å². The molecular weight excluding hydrogens is 210 g/mol. The molecule has 0 saturated heterocycles. The van der Waals surface area contributed by atoms with E-state index >= 15 is 0 Å². The number of hydrogen-bond acceptors (Lipinski definition) is 1. The Kier molecular flexibility index (Phi) is 2.25. The summed E-state index contributed by atoms with van der Waals surface area (Å²) in [5.41, 5.74) is 3.84. The molecular formula is C14H15N3. The first kappa shape index (κ1) is 10.1. The molecule has 1 aromatic carbocycles. The second-order valence-electron chi connectivity index (χ2n) is 4.47. The van der Waals surface area contributed by atoms with Gasteiger partial charge in [-0.1, -0.05) is 12.1 Å². The molecule has 17 heavy (non-hydrogen) atoms. The summed E-state index contributed by atoms with van der Waals surface area (Å²) in [6, 6.07) is 8.61. The fraction of sp³-hybridized carbons (Fsp3) is 0.214. The van der Waals surface area contributed by atoms with Gasteiger partial charge in [0.1, 0.15) is 0 Å². The highest BCUT2D eigenvalue weighted by molar-refractivity contribution is 5.83. The first-order chi connectivity index (χ1) is 8.24. The van der Waals surface area contributed by atoms with Crippen LogP contribution in [0.3, 0.4) is 0 Å². The Labute approximate surface area is 100 Å². The van der Waals surface area contributed by atoms with Crippen molar-refractivity contribution in [3.63, 3.8) is 0 Å². The number of benzene rings is 1. The molecule has 0 aliphatic rings. The van der Waals surface area contributed by atoms with E-state index in [0.717, 1.165) is 6.54 Å². The average Bonchev–Trinajstić information content (AvgIpc) is 2.88. The van der Waals surface area contributed by atoms with E-state index in [9.17, 15) is 0 Å². The zero-order valence-corrected chi connectivity index (χ0v) is 10.1. The van der Waals surface area contributed by atoms with Crippen LogP contribution >= 0.6 is 0 Å². The molecule has 0 bridgehead atoms. The van der Waals surface area contributed by atoms with E-state index in [-0.39, 0.29) is 0 Å². The standard InChI is InChI=1S/C14H15N3/c1-11-4-3-5-14-13(11)6-7-17(14)10-12-8-15-16(2)9-12/h3-9H,10H2,1-2H3. The smallest absolute Gasteiger partial charge is 0.0539 e. The Bertz CT molecular complexity index is 661. The summed E-state index contributed by atoms with van der Waals surface area (Å²) in [5.74, 6) is 0. The predicted molar refractivity (Wildman–Crippen MR) is 69.0 cm³/mol. The highest BCUT2D eigenvalue weighted by Gasteiger charge is 2.04. The van der Waals surface area contributed by atoms with Crippen LogP contribution in [0.4, 0.5) is 0 Å². The van der Waals surface area contributed by atoms with Gasteiger partial charge in [-0.3, -0.25) is 4.68 Å². The van der Waals surface area contributed by atoms with Gasteiger partial charge in [0, 0.05) is 35.9 Å². The first-order valence-electron chi connectivity index (χ1n) is 5.76. The lowest BCUT2D eigenvalue weighted by atomic mass is 10.1. The highest BCUT2D eigenvalue weighted by atomic mass is 15.2. The SMILES string of the molecule is Cc1cccc2c1ccn2Cc1cnn(C)c1. The zero-order valence-electron chi connectivity index (χ0n) is 10.1. The number of aromatic nitrogens is 3. The molecule has 3 rings (SSSR count). The third kappa shape index (κ3) is 1.73. The van der Waals surface area contributed by atoms with Gasteiger partial charge < -0.3 is 4.57 Å². The monoisotopic (exact) mass is 225 g/mol. The molecule has 0 N–H and O–H groups in total. The predicted octanol–water partition coefficient (Wildman–Crippen LogP) is 2.73. The van der Waals surface area contributed by atoms with Crippen LogP contribution in [0.5, 0.6) is 0 Å². The Morgan fingerprint density at radius 1 is 1.24 bits per heavy atom. The van der Waals surface area contributed by atoms with Crippen molar-refractivity contribution in [2.75, 3.05) is 0 Å². The Balaban J connectivity index is 2.04. The lowest BCUT2D eigenvalue weighted by molar-refractivity contribution is 0.764. The van der Waals surface area contributed by atoms with Crippen LogP contribution in [0, 0.1) is 6.92 Å². The van der Waals surface area contributed by atoms with Gasteiger partial charge in [0.15, 0.2) is 0 Å². The molecule has 0 spiro atoms. The molecule has 0 aliphatic carbocycles. The van der Waals surface area contributed by atoms with Gasteiger partial charge in [0.25, 0.3) is 0 Å². The van der Waals surface area contributed by atoms with Crippen LogP contribution in [0.1, 0.15) is 11.1 Å². The Morgan fingerprint density at radius 2 is 2.12 bits per heavy atom. The topological polar surface area (TPSA) is 22.8 Å². The van der Waals surface area contributed by atoms with Crippen LogP contribution in [-0.2, 0) is 13.6 Å². The maximum Gasteiger partial charge on any atom is 0.0539 e. The molecule has 3 aromatic rings. The van der Waals surface area contributed by atoms with Gasteiger partial charge in [-0.2, -0.15) is 5.10 Å². The Hall–Kier alpha value is -2.03. The molecule has 0 amide bonds. The van der Waals surface area contributed by atoms with Crippen molar-refractivity contribution in [3.05, 3.63) is 54.0 Å². The van der Waals surface area contributed by atoms with Crippen molar-refractivity contribution in [2.24, 2.45) is 7.05 Å². The maximum atomic E-state index is 4.20. The fourth-order valence-electron chi connectivity index (χ4n) is 2.27. The molecule has 0 aliphatic heterocycles. The molecule has 0 fully saturated rings. The summed E-state index contributed by atoms with van der Waals surface area (Å²) >= 11 is 0. The number of rotatable bonds is 2. The molecule has 0 atom stereocenters. The average molecular weight is 225 g/mol. The van der Waals surface area contributed by atoms with E-state index in [2.05, 4.69) is 53.2 Å². The van der Waals surface area contributed by atoms with Crippen LogP contribution in [0.15, 0.2) is 42.9 Å². The van der Waals surface area contributed by atoms with Crippen molar-refractivity contribution >= 4 is 10.9 Å². The largest absolute Gasteiger partial charge is 0.343 e. The third-order valence-electron chi connectivity index (χ3n) is 3.14. The number of nitrogens with zero attached hydrogens (tertiary/aromatic N) is 3. The van der Waals surface area contributed by atoms with Gasteiger partial charge in [-0.15, -0.1) is 0 Å². The molecule has 3 heteroatoms. The van der Waals surface area contributed by atoms with Crippen LogP contribution < -0.4 is 0 Å². The number of fused-ring (bicyclic) bond motifs is 1. The van der Waals surface area contributed by atoms with Crippen LogP contribution in [-0.4, -0.2) is 14.3 Å². The minimum absolute atomic E-state index is 0.876. The van der Waals surface area contributed by atoms with E-state index in [1.54, 1.807) is 0 Å². The third-order valence-corrected chi connectivity index (χ3v) is 3.14. The molecule has 86 valence electrons. The van der Waals surface area contributed by atoms with E-state index in [1.807, 2.05) is 17.9 Å². The minimum Gasteiger partial charge on any atom is -0.343 e. The van der Waals surface area contributed by atoms with E-state index < -0.39 is 0 Å². The molecule has 0 unspecified atom stereocenters. The molecule has 3 nitrogen and oxygen atoms in total.